The fraction of sp³-hybridized carbons (Fsp3) is 0.0588. The standard InChI is InChI=1S/C17H14BrClN4O/c1-10-6-12(18)2-4-15(10)22-9-11(8-20)17(24)23-16-5-3-13(21)7-14(16)19/h2-7,9,22H,21H2,1H3,(H,23,24)/b11-9-. The van der Waals surface area contributed by atoms with Crippen LogP contribution in [-0.4, -0.2) is 5.91 Å². The van der Waals surface area contributed by atoms with Crippen LogP contribution in [0.15, 0.2) is 52.6 Å². The molecule has 0 aliphatic carbocycles. The van der Waals surface area contributed by atoms with E-state index in [1.54, 1.807) is 12.1 Å². The number of aryl methyl sites for hydroxylation is 1. The van der Waals surface area contributed by atoms with E-state index in [9.17, 15) is 10.1 Å². The lowest BCUT2D eigenvalue weighted by Crippen LogP contribution is -2.15. The van der Waals surface area contributed by atoms with Crippen molar-refractivity contribution in [1.82, 2.24) is 0 Å². The molecule has 0 aliphatic rings. The Bertz CT molecular complexity index is 858. The van der Waals surface area contributed by atoms with Crippen molar-refractivity contribution in [3.8, 4) is 6.07 Å². The molecule has 0 unspecified atom stereocenters. The van der Waals surface area contributed by atoms with Crippen molar-refractivity contribution in [1.29, 1.82) is 5.26 Å². The average Bonchev–Trinajstić information content (AvgIpc) is 2.52. The number of halogens is 2. The predicted molar refractivity (Wildman–Crippen MR) is 101 cm³/mol. The maximum atomic E-state index is 12.2. The summed E-state index contributed by atoms with van der Waals surface area (Å²) in [7, 11) is 0. The third-order valence-electron chi connectivity index (χ3n) is 3.17. The highest BCUT2D eigenvalue weighted by atomic mass is 79.9. The molecule has 4 N–H and O–H groups in total. The molecule has 2 rings (SSSR count). The quantitative estimate of drug-likeness (QED) is 0.398. The zero-order chi connectivity index (χ0) is 17.7. The van der Waals surface area contributed by atoms with Crippen LogP contribution in [0, 0.1) is 18.3 Å². The lowest BCUT2D eigenvalue weighted by atomic mass is 10.2. The molecule has 2 aromatic carbocycles. The molecule has 0 saturated heterocycles. The van der Waals surface area contributed by atoms with Crippen molar-refractivity contribution in [2.75, 3.05) is 16.4 Å². The van der Waals surface area contributed by atoms with Gasteiger partial charge in [-0.1, -0.05) is 27.5 Å². The van der Waals surface area contributed by atoms with Gasteiger partial charge in [-0.05, 0) is 48.9 Å². The molecule has 0 aromatic heterocycles. The van der Waals surface area contributed by atoms with Gasteiger partial charge in [-0.2, -0.15) is 5.26 Å². The van der Waals surface area contributed by atoms with Crippen molar-refractivity contribution in [2.24, 2.45) is 0 Å². The van der Waals surface area contributed by atoms with E-state index in [1.807, 2.05) is 31.2 Å². The van der Waals surface area contributed by atoms with Crippen molar-refractivity contribution >= 4 is 50.5 Å². The minimum atomic E-state index is -0.563. The van der Waals surface area contributed by atoms with Crippen LogP contribution in [0.25, 0.3) is 0 Å². The Morgan fingerprint density at radius 2 is 2.00 bits per heavy atom. The van der Waals surface area contributed by atoms with Crippen LogP contribution in [0.1, 0.15) is 5.56 Å². The first-order valence-electron chi connectivity index (χ1n) is 6.90. The normalized spacial score (nSPS) is 10.8. The highest BCUT2D eigenvalue weighted by molar-refractivity contribution is 9.10. The Labute approximate surface area is 153 Å². The number of rotatable bonds is 4. The Hall–Kier alpha value is -2.49. The van der Waals surface area contributed by atoms with E-state index in [4.69, 9.17) is 17.3 Å². The molecule has 2 aromatic rings. The van der Waals surface area contributed by atoms with Gasteiger partial charge in [0.15, 0.2) is 0 Å². The summed E-state index contributed by atoms with van der Waals surface area (Å²) >= 11 is 9.39. The summed E-state index contributed by atoms with van der Waals surface area (Å²) in [4.78, 5) is 12.2. The Morgan fingerprint density at radius 3 is 2.62 bits per heavy atom. The van der Waals surface area contributed by atoms with Crippen LogP contribution >= 0.6 is 27.5 Å². The molecule has 1 amide bonds. The molecule has 5 nitrogen and oxygen atoms in total. The smallest absolute Gasteiger partial charge is 0.267 e. The Kier molecular flexibility index (Phi) is 5.85. The second kappa shape index (κ2) is 7.86. The van der Waals surface area contributed by atoms with Gasteiger partial charge in [-0.15, -0.1) is 0 Å². The van der Waals surface area contributed by atoms with E-state index in [-0.39, 0.29) is 5.57 Å². The summed E-state index contributed by atoms with van der Waals surface area (Å²) in [5, 5.41) is 15.0. The van der Waals surface area contributed by atoms with Gasteiger partial charge in [0, 0.05) is 22.0 Å². The fourth-order valence-corrected chi connectivity index (χ4v) is 2.62. The number of amides is 1. The number of hydrogen-bond donors (Lipinski definition) is 3. The number of carbonyl (C=O) groups excluding carboxylic acids is 1. The number of anilines is 3. The van der Waals surface area contributed by atoms with Gasteiger partial charge in [0.2, 0.25) is 0 Å². The number of hydrogen-bond acceptors (Lipinski definition) is 4. The predicted octanol–water partition coefficient (Wildman–Crippen LogP) is 4.45. The van der Waals surface area contributed by atoms with E-state index >= 15 is 0 Å². The van der Waals surface area contributed by atoms with Crippen LogP contribution in [0.5, 0.6) is 0 Å². The Balaban J connectivity index is 2.15. The zero-order valence-electron chi connectivity index (χ0n) is 12.7. The number of carbonyl (C=O) groups is 1. The molecule has 24 heavy (non-hydrogen) atoms. The molecule has 0 aliphatic heterocycles. The summed E-state index contributed by atoms with van der Waals surface area (Å²) in [5.74, 6) is -0.563. The van der Waals surface area contributed by atoms with Crippen molar-refractivity contribution in [2.45, 2.75) is 6.92 Å². The minimum Gasteiger partial charge on any atom is -0.399 e. The maximum absolute atomic E-state index is 12.2. The van der Waals surface area contributed by atoms with Gasteiger partial charge < -0.3 is 16.4 Å². The first-order valence-corrected chi connectivity index (χ1v) is 8.07. The zero-order valence-corrected chi connectivity index (χ0v) is 15.1. The molecule has 7 heteroatoms. The maximum Gasteiger partial charge on any atom is 0.267 e. The summed E-state index contributed by atoms with van der Waals surface area (Å²) in [6.07, 6.45) is 1.36. The number of nitrogens with one attached hydrogen (secondary N) is 2. The second-order valence-electron chi connectivity index (χ2n) is 4.97. The first-order chi connectivity index (χ1) is 11.4. The molecule has 0 saturated carbocycles. The molecule has 0 fully saturated rings. The molecular weight excluding hydrogens is 392 g/mol. The van der Waals surface area contributed by atoms with Gasteiger partial charge >= 0.3 is 0 Å². The van der Waals surface area contributed by atoms with Gasteiger partial charge in [0.25, 0.3) is 5.91 Å². The lowest BCUT2D eigenvalue weighted by Gasteiger charge is -2.09. The molecule has 122 valence electrons. The van der Waals surface area contributed by atoms with Gasteiger partial charge in [0.1, 0.15) is 11.6 Å². The van der Waals surface area contributed by atoms with E-state index in [0.29, 0.717) is 16.4 Å². The third-order valence-corrected chi connectivity index (χ3v) is 3.97. The Morgan fingerprint density at radius 1 is 1.29 bits per heavy atom. The fourth-order valence-electron chi connectivity index (χ4n) is 1.91. The number of nitrogens with zero attached hydrogens (tertiary/aromatic N) is 1. The topological polar surface area (TPSA) is 90.9 Å². The van der Waals surface area contributed by atoms with E-state index in [2.05, 4.69) is 26.6 Å². The van der Waals surface area contributed by atoms with Crippen LogP contribution in [-0.2, 0) is 4.79 Å². The highest BCUT2D eigenvalue weighted by Gasteiger charge is 2.11. The van der Waals surface area contributed by atoms with Gasteiger partial charge in [0.05, 0.1) is 10.7 Å². The van der Waals surface area contributed by atoms with E-state index in [1.165, 1.54) is 12.3 Å². The SMILES string of the molecule is Cc1cc(Br)ccc1N/C=C(/C#N)C(=O)Nc1ccc(N)cc1Cl. The second-order valence-corrected chi connectivity index (χ2v) is 6.29. The summed E-state index contributed by atoms with van der Waals surface area (Å²) in [5.41, 5.74) is 8.17. The number of nitrogen functional groups attached to an aromatic ring is 1. The van der Waals surface area contributed by atoms with Crippen LogP contribution in [0.2, 0.25) is 5.02 Å². The van der Waals surface area contributed by atoms with E-state index in [0.717, 1.165) is 15.7 Å². The van der Waals surface area contributed by atoms with Crippen molar-refractivity contribution in [3.05, 3.63) is 63.2 Å². The highest BCUT2D eigenvalue weighted by Crippen LogP contribution is 2.24. The lowest BCUT2D eigenvalue weighted by molar-refractivity contribution is -0.112. The van der Waals surface area contributed by atoms with Crippen LogP contribution in [0.4, 0.5) is 17.1 Å². The minimum absolute atomic E-state index is 0.0785. The monoisotopic (exact) mass is 404 g/mol. The average molecular weight is 406 g/mol. The number of nitriles is 1. The number of benzene rings is 2. The third kappa shape index (κ3) is 4.51. The molecular formula is C17H14BrClN4O. The van der Waals surface area contributed by atoms with Crippen molar-refractivity contribution in [3.63, 3.8) is 0 Å². The molecule has 0 radical (unpaired) electrons. The van der Waals surface area contributed by atoms with Crippen LogP contribution in [0.3, 0.4) is 0 Å². The van der Waals surface area contributed by atoms with Crippen molar-refractivity contribution < 1.29 is 4.79 Å². The summed E-state index contributed by atoms with van der Waals surface area (Å²) in [6.45, 7) is 1.92. The number of nitrogens with two attached hydrogens (primary N) is 1. The molecule has 0 heterocycles. The molecule has 0 bridgehead atoms. The largest absolute Gasteiger partial charge is 0.399 e. The van der Waals surface area contributed by atoms with Gasteiger partial charge in [-0.3, -0.25) is 4.79 Å². The summed E-state index contributed by atoms with van der Waals surface area (Å²) in [6, 6.07) is 12.2. The molecule has 0 spiro atoms. The van der Waals surface area contributed by atoms with Gasteiger partial charge in [-0.25, -0.2) is 0 Å². The van der Waals surface area contributed by atoms with E-state index < -0.39 is 5.91 Å². The van der Waals surface area contributed by atoms with Crippen LogP contribution < -0.4 is 16.4 Å². The summed E-state index contributed by atoms with van der Waals surface area (Å²) < 4.78 is 0.950. The first kappa shape index (κ1) is 17.9. The molecule has 0 atom stereocenters.